The van der Waals surface area contributed by atoms with Crippen LogP contribution in [0.15, 0.2) is 40.8 Å². The van der Waals surface area contributed by atoms with Crippen molar-refractivity contribution >= 4 is 11.0 Å². The lowest BCUT2D eigenvalue weighted by Gasteiger charge is -2.16. The molecule has 1 fully saturated rings. The number of aliphatic hydroxyl groups excluding tert-OH is 3. The van der Waals surface area contributed by atoms with Crippen molar-refractivity contribution in [2.24, 2.45) is 0 Å². The number of aliphatic hydroxyl groups is 3. The molecule has 2 heterocycles. The monoisotopic (exact) mass is 433 g/mol. The highest BCUT2D eigenvalue weighted by atomic mass is 16.7. The number of fused-ring (bicyclic) bond motifs is 1. The molecular formula is C21H21O10+. The molecular weight excluding hydrogens is 412 g/mol. The molecule has 1 aromatic heterocycles. The van der Waals surface area contributed by atoms with E-state index in [1.165, 1.54) is 37.4 Å². The highest BCUT2D eigenvalue weighted by molar-refractivity contribution is 5.88. The van der Waals surface area contributed by atoms with Crippen molar-refractivity contribution in [1.82, 2.24) is 0 Å². The van der Waals surface area contributed by atoms with Crippen molar-refractivity contribution in [2.75, 3.05) is 13.7 Å². The van der Waals surface area contributed by atoms with Gasteiger partial charge >= 0.3 is 11.3 Å². The number of rotatable bonds is 5. The van der Waals surface area contributed by atoms with Gasteiger partial charge in [-0.3, -0.25) is 0 Å². The van der Waals surface area contributed by atoms with E-state index in [0.29, 0.717) is 5.56 Å². The standard InChI is InChI=1S/C21H20O10/c1-28-15-4-9(2-3-12(15)24)20-16(30-21-19(27)18(26)17(8-22)31-21)7-11-13(25)5-10(23)6-14(11)29-20/h2-7,17-19,21-22,26-27H,8H2,1H3,(H2-,23,24,25)/p+1/t17-,18-,19+,21-/m0/s1. The molecule has 4 atom stereocenters. The second-order valence-corrected chi connectivity index (χ2v) is 7.03. The number of aromatic hydroxyl groups is 3. The molecule has 0 saturated carbocycles. The molecule has 1 aliphatic heterocycles. The topological polar surface area (TPSA) is 160 Å². The van der Waals surface area contributed by atoms with E-state index in [-0.39, 0.29) is 45.5 Å². The first-order chi connectivity index (χ1) is 14.8. The van der Waals surface area contributed by atoms with Crippen molar-refractivity contribution in [3.05, 3.63) is 36.4 Å². The van der Waals surface area contributed by atoms with E-state index < -0.39 is 31.2 Å². The average molecular weight is 433 g/mol. The molecule has 1 aliphatic rings. The van der Waals surface area contributed by atoms with Crippen LogP contribution in [-0.2, 0) is 4.74 Å². The Morgan fingerprint density at radius 2 is 1.74 bits per heavy atom. The third kappa shape index (κ3) is 3.77. The van der Waals surface area contributed by atoms with Crippen LogP contribution in [0.5, 0.6) is 28.7 Å². The SMILES string of the molecule is COc1cc(-c2[o+]c3cc(O)cc(O)c3cc2O[C@H]2O[C@@H](CO)[C@H](O)[C@H]2O)ccc1O. The van der Waals surface area contributed by atoms with Gasteiger partial charge in [-0.15, -0.1) is 0 Å². The van der Waals surface area contributed by atoms with E-state index in [1.54, 1.807) is 0 Å². The summed E-state index contributed by atoms with van der Waals surface area (Å²) in [5, 5.41) is 59.6. The Kier molecular flexibility index (Phi) is 5.46. The van der Waals surface area contributed by atoms with Gasteiger partial charge in [0.05, 0.1) is 25.3 Å². The zero-order valence-electron chi connectivity index (χ0n) is 16.3. The fourth-order valence-corrected chi connectivity index (χ4v) is 3.38. The summed E-state index contributed by atoms with van der Waals surface area (Å²) in [7, 11) is 1.38. The summed E-state index contributed by atoms with van der Waals surface area (Å²) in [6, 6.07) is 8.22. The van der Waals surface area contributed by atoms with Gasteiger partial charge in [0, 0.05) is 18.2 Å². The summed E-state index contributed by atoms with van der Waals surface area (Å²) < 4.78 is 22.1. The number of hydrogen-bond acceptors (Lipinski definition) is 9. The number of phenolic OH excluding ortho intramolecular Hbond substituents is 3. The molecule has 0 spiro atoms. The van der Waals surface area contributed by atoms with E-state index in [2.05, 4.69) is 0 Å². The van der Waals surface area contributed by atoms with E-state index in [4.69, 9.17) is 18.6 Å². The smallest absolute Gasteiger partial charge is 0.402 e. The summed E-state index contributed by atoms with van der Waals surface area (Å²) in [5.74, 6) is -0.317. The number of phenols is 3. The first-order valence-electron chi connectivity index (χ1n) is 9.31. The Morgan fingerprint density at radius 1 is 0.968 bits per heavy atom. The van der Waals surface area contributed by atoms with Crippen LogP contribution in [0.1, 0.15) is 0 Å². The minimum atomic E-state index is -1.46. The summed E-state index contributed by atoms with van der Waals surface area (Å²) in [6.45, 7) is -0.526. The molecule has 0 aliphatic carbocycles. The van der Waals surface area contributed by atoms with Crippen molar-refractivity contribution in [1.29, 1.82) is 0 Å². The van der Waals surface area contributed by atoms with Gasteiger partial charge in [-0.25, -0.2) is 4.42 Å². The predicted octanol–water partition coefficient (Wildman–Crippen LogP) is 1.32. The zero-order chi connectivity index (χ0) is 22.3. The van der Waals surface area contributed by atoms with E-state index in [9.17, 15) is 30.6 Å². The van der Waals surface area contributed by atoms with E-state index in [0.717, 1.165) is 6.07 Å². The first-order valence-corrected chi connectivity index (χ1v) is 9.31. The van der Waals surface area contributed by atoms with Crippen LogP contribution in [-0.4, -0.2) is 69.0 Å². The van der Waals surface area contributed by atoms with Gasteiger partial charge in [0.2, 0.25) is 12.0 Å². The van der Waals surface area contributed by atoms with Crippen LogP contribution in [0.25, 0.3) is 22.3 Å². The Balaban J connectivity index is 1.85. The molecule has 10 nitrogen and oxygen atoms in total. The Bertz CT molecular complexity index is 1120. The summed E-state index contributed by atoms with van der Waals surface area (Å²) in [4.78, 5) is 0. The number of ether oxygens (including phenoxy) is 3. The summed E-state index contributed by atoms with van der Waals surface area (Å²) in [5.41, 5.74) is 0.536. The van der Waals surface area contributed by atoms with Gasteiger partial charge in [-0.1, -0.05) is 0 Å². The second-order valence-electron chi connectivity index (χ2n) is 7.03. The molecule has 0 amide bonds. The normalized spacial score (nSPS) is 23.2. The highest BCUT2D eigenvalue weighted by Crippen LogP contribution is 2.42. The molecule has 6 N–H and O–H groups in total. The maximum absolute atomic E-state index is 10.2. The number of methoxy groups -OCH3 is 1. The van der Waals surface area contributed by atoms with Gasteiger partial charge < -0.3 is 44.8 Å². The van der Waals surface area contributed by atoms with Crippen LogP contribution >= 0.6 is 0 Å². The minimum Gasteiger partial charge on any atom is -0.507 e. The van der Waals surface area contributed by atoms with Crippen LogP contribution in [0, 0.1) is 0 Å². The van der Waals surface area contributed by atoms with Crippen LogP contribution in [0.4, 0.5) is 0 Å². The lowest BCUT2D eigenvalue weighted by molar-refractivity contribution is -0.116. The zero-order valence-corrected chi connectivity index (χ0v) is 16.3. The average Bonchev–Trinajstić information content (AvgIpc) is 3.02. The predicted molar refractivity (Wildman–Crippen MR) is 106 cm³/mol. The molecule has 164 valence electrons. The van der Waals surface area contributed by atoms with Crippen molar-refractivity contribution in [3.8, 4) is 40.1 Å². The highest BCUT2D eigenvalue weighted by Gasteiger charge is 2.45. The molecule has 31 heavy (non-hydrogen) atoms. The molecule has 1 saturated heterocycles. The maximum Gasteiger partial charge on any atom is 0.402 e. The Labute approximate surface area is 175 Å². The van der Waals surface area contributed by atoms with E-state index in [1.807, 2.05) is 0 Å². The van der Waals surface area contributed by atoms with Gasteiger partial charge in [0.25, 0.3) is 0 Å². The van der Waals surface area contributed by atoms with Crippen molar-refractivity contribution in [3.63, 3.8) is 0 Å². The summed E-state index contributed by atoms with van der Waals surface area (Å²) in [6.07, 6.45) is -5.20. The first kappa shape index (κ1) is 20.9. The summed E-state index contributed by atoms with van der Waals surface area (Å²) >= 11 is 0. The third-order valence-corrected chi connectivity index (χ3v) is 5.00. The second kappa shape index (κ2) is 8.08. The Morgan fingerprint density at radius 3 is 2.42 bits per heavy atom. The van der Waals surface area contributed by atoms with Crippen LogP contribution in [0.3, 0.4) is 0 Å². The molecule has 0 unspecified atom stereocenters. The quantitative estimate of drug-likeness (QED) is 0.324. The fraction of sp³-hybridized carbons (Fsp3) is 0.286. The van der Waals surface area contributed by atoms with Crippen molar-refractivity contribution < 1.29 is 49.3 Å². The minimum absolute atomic E-state index is 0.0241. The molecule has 0 bridgehead atoms. The molecule has 0 radical (unpaired) electrons. The largest absolute Gasteiger partial charge is 0.507 e. The van der Waals surface area contributed by atoms with Crippen LogP contribution in [0.2, 0.25) is 0 Å². The molecule has 2 aromatic carbocycles. The molecule has 4 rings (SSSR count). The van der Waals surface area contributed by atoms with E-state index >= 15 is 0 Å². The molecule has 10 heteroatoms. The van der Waals surface area contributed by atoms with Gasteiger partial charge in [-0.2, -0.15) is 0 Å². The lowest BCUT2D eigenvalue weighted by Crippen LogP contribution is -2.35. The fourth-order valence-electron chi connectivity index (χ4n) is 3.38. The lowest BCUT2D eigenvalue weighted by atomic mass is 10.1. The van der Waals surface area contributed by atoms with Crippen molar-refractivity contribution in [2.45, 2.75) is 24.6 Å². The van der Waals surface area contributed by atoms with Crippen LogP contribution < -0.4 is 9.47 Å². The number of benzene rings is 2. The molecule has 3 aromatic rings. The Hall–Kier alpha value is -3.31. The van der Waals surface area contributed by atoms with Gasteiger partial charge in [0.1, 0.15) is 35.2 Å². The van der Waals surface area contributed by atoms with Gasteiger partial charge in [0.15, 0.2) is 11.5 Å². The maximum atomic E-state index is 10.2. The van der Waals surface area contributed by atoms with Gasteiger partial charge in [-0.05, 0) is 12.1 Å². The number of hydrogen-bond donors (Lipinski definition) is 6. The third-order valence-electron chi connectivity index (χ3n) is 5.00.